The summed E-state index contributed by atoms with van der Waals surface area (Å²) >= 11 is 0. The van der Waals surface area contributed by atoms with Gasteiger partial charge in [-0.05, 0) is 12.8 Å². The zero-order chi connectivity index (χ0) is 14.6. The van der Waals surface area contributed by atoms with Crippen molar-refractivity contribution in [1.82, 2.24) is 15.1 Å². The third-order valence-electron chi connectivity index (χ3n) is 2.51. The van der Waals surface area contributed by atoms with Gasteiger partial charge < -0.3 is 15.7 Å². The van der Waals surface area contributed by atoms with Gasteiger partial charge in [0.25, 0.3) is 0 Å². The number of nitrogens with zero attached hydrogens (tertiary/aromatic N) is 2. The quantitative estimate of drug-likeness (QED) is 0.754. The van der Waals surface area contributed by atoms with Gasteiger partial charge in [0.15, 0.2) is 0 Å². The molecule has 0 spiro atoms. The molecule has 0 aliphatic rings. The number of hydrogen-bond acceptors (Lipinski definition) is 3. The van der Waals surface area contributed by atoms with Gasteiger partial charge in [-0.25, -0.2) is 4.79 Å². The lowest BCUT2D eigenvalue weighted by Gasteiger charge is -2.13. The summed E-state index contributed by atoms with van der Waals surface area (Å²) in [5.41, 5.74) is 1.43. The van der Waals surface area contributed by atoms with Gasteiger partial charge >= 0.3 is 12.0 Å². The smallest absolute Gasteiger partial charge is 0.319 e. The molecule has 1 unspecified atom stereocenters. The average molecular weight is 268 g/mol. The Morgan fingerprint density at radius 2 is 2.05 bits per heavy atom. The molecule has 1 atom stereocenters. The normalized spacial score (nSPS) is 12.3. The van der Waals surface area contributed by atoms with E-state index >= 15 is 0 Å². The molecule has 0 radical (unpaired) electrons. The molecule has 7 nitrogen and oxygen atoms in total. The van der Waals surface area contributed by atoms with Crippen LogP contribution in [0.5, 0.6) is 0 Å². The van der Waals surface area contributed by atoms with Crippen LogP contribution in [0.4, 0.5) is 10.5 Å². The molecule has 1 aromatic rings. The van der Waals surface area contributed by atoms with Gasteiger partial charge in [0.1, 0.15) is 0 Å². The Hall–Kier alpha value is -2.05. The van der Waals surface area contributed by atoms with Crippen molar-refractivity contribution in [3.8, 4) is 0 Å². The molecule has 0 bridgehead atoms. The number of carboxylic acids is 1. The van der Waals surface area contributed by atoms with Crippen LogP contribution in [0.15, 0.2) is 6.20 Å². The lowest BCUT2D eigenvalue weighted by molar-refractivity contribution is -0.137. The first-order chi connectivity index (χ1) is 8.79. The van der Waals surface area contributed by atoms with Gasteiger partial charge in [0.05, 0.1) is 17.8 Å². The largest absolute Gasteiger partial charge is 0.481 e. The molecule has 1 heterocycles. The summed E-state index contributed by atoms with van der Waals surface area (Å²) in [6.45, 7) is 5.61. The molecule has 1 rings (SSSR count). The highest BCUT2D eigenvalue weighted by atomic mass is 16.4. The van der Waals surface area contributed by atoms with Crippen molar-refractivity contribution in [2.24, 2.45) is 7.05 Å². The molecule has 0 saturated carbocycles. The second-order valence-electron chi connectivity index (χ2n) is 4.85. The maximum absolute atomic E-state index is 11.7. The van der Waals surface area contributed by atoms with Crippen LogP contribution in [0.3, 0.4) is 0 Å². The number of nitrogens with one attached hydrogen (secondary N) is 2. The number of anilines is 1. The zero-order valence-corrected chi connectivity index (χ0v) is 11.6. The Labute approximate surface area is 112 Å². The number of rotatable bonds is 5. The number of urea groups is 1. The Kier molecular flexibility index (Phi) is 4.91. The highest BCUT2D eigenvalue weighted by Gasteiger charge is 2.15. The van der Waals surface area contributed by atoms with E-state index in [1.807, 2.05) is 13.8 Å². The predicted octanol–water partition coefficient (Wildman–Crippen LogP) is 1.53. The number of aliphatic carboxylic acids is 1. The second-order valence-corrected chi connectivity index (χ2v) is 4.85. The van der Waals surface area contributed by atoms with E-state index in [1.54, 1.807) is 24.9 Å². The van der Waals surface area contributed by atoms with E-state index in [0.29, 0.717) is 5.69 Å². The first-order valence-corrected chi connectivity index (χ1v) is 6.12. The Morgan fingerprint density at radius 1 is 1.42 bits per heavy atom. The topological polar surface area (TPSA) is 96.3 Å². The third-order valence-corrected chi connectivity index (χ3v) is 2.51. The molecule has 1 aromatic heterocycles. The monoisotopic (exact) mass is 268 g/mol. The van der Waals surface area contributed by atoms with E-state index in [0.717, 1.165) is 5.69 Å². The molecule has 0 aliphatic heterocycles. The lowest BCUT2D eigenvalue weighted by atomic mass is 10.1. The maximum atomic E-state index is 11.7. The molecule has 0 aromatic carbocycles. The average Bonchev–Trinajstić information content (AvgIpc) is 2.57. The fourth-order valence-corrected chi connectivity index (χ4v) is 1.72. The summed E-state index contributed by atoms with van der Waals surface area (Å²) in [6.07, 6.45) is 1.61. The van der Waals surface area contributed by atoms with Crippen LogP contribution < -0.4 is 10.6 Å². The van der Waals surface area contributed by atoms with Gasteiger partial charge in [-0.15, -0.1) is 0 Å². The summed E-state index contributed by atoms with van der Waals surface area (Å²) in [6, 6.07) is -0.861. The van der Waals surface area contributed by atoms with Gasteiger partial charge in [-0.2, -0.15) is 5.10 Å². The highest BCUT2D eigenvalue weighted by molar-refractivity contribution is 5.90. The molecule has 2 amide bonds. The number of aromatic nitrogens is 2. The molecular weight excluding hydrogens is 248 g/mol. The Bertz CT molecular complexity index is 468. The zero-order valence-electron chi connectivity index (χ0n) is 11.6. The molecule has 3 N–H and O–H groups in total. The number of carboxylic acid groups (broad SMARTS) is 1. The number of amides is 2. The number of aryl methyl sites for hydroxylation is 1. The van der Waals surface area contributed by atoms with Crippen LogP contribution in [-0.4, -0.2) is 32.9 Å². The summed E-state index contributed by atoms with van der Waals surface area (Å²) in [4.78, 5) is 22.2. The minimum Gasteiger partial charge on any atom is -0.481 e. The molecule has 0 fully saturated rings. The van der Waals surface area contributed by atoms with Gasteiger partial charge in [-0.1, -0.05) is 13.8 Å². The summed E-state index contributed by atoms with van der Waals surface area (Å²) in [7, 11) is 1.78. The van der Waals surface area contributed by atoms with Crippen LogP contribution >= 0.6 is 0 Å². The number of carbonyl (C=O) groups is 2. The van der Waals surface area contributed by atoms with E-state index in [9.17, 15) is 9.59 Å². The summed E-state index contributed by atoms with van der Waals surface area (Å²) in [5.74, 6) is -0.759. The molecule has 19 heavy (non-hydrogen) atoms. The van der Waals surface area contributed by atoms with E-state index < -0.39 is 18.0 Å². The molecule has 106 valence electrons. The minimum absolute atomic E-state index is 0.114. The van der Waals surface area contributed by atoms with Crippen molar-refractivity contribution in [1.29, 1.82) is 0 Å². The van der Waals surface area contributed by atoms with Crippen molar-refractivity contribution in [2.75, 3.05) is 5.32 Å². The molecule has 0 aliphatic carbocycles. The van der Waals surface area contributed by atoms with Crippen molar-refractivity contribution < 1.29 is 14.7 Å². The van der Waals surface area contributed by atoms with Crippen LogP contribution in [0.1, 0.15) is 38.8 Å². The number of carbonyl (C=O) groups excluding carboxylic acids is 1. The van der Waals surface area contributed by atoms with Crippen molar-refractivity contribution >= 4 is 17.7 Å². The first kappa shape index (κ1) is 15.0. The summed E-state index contributed by atoms with van der Waals surface area (Å²) < 4.78 is 1.63. The van der Waals surface area contributed by atoms with Gasteiger partial charge in [0.2, 0.25) is 0 Å². The standard InChI is InChI=1S/C12H20N4O3/c1-7(2)11-9(6-16(4)15-11)14-12(19)13-8(3)5-10(17)18/h6-8H,5H2,1-4H3,(H,17,18)(H2,13,14,19). The van der Waals surface area contributed by atoms with Gasteiger partial charge in [0, 0.05) is 19.3 Å². The minimum atomic E-state index is -0.947. The van der Waals surface area contributed by atoms with Crippen molar-refractivity contribution in [2.45, 2.75) is 39.2 Å². The van der Waals surface area contributed by atoms with Crippen LogP contribution in [0.2, 0.25) is 0 Å². The van der Waals surface area contributed by atoms with Crippen molar-refractivity contribution in [3.05, 3.63) is 11.9 Å². The highest BCUT2D eigenvalue weighted by Crippen LogP contribution is 2.21. The van der Waals surface area contributed by atoms with Crippen LogP contribution in [0.25, 0.3) is 0 Å². The third kappa shape index (κ3) is 4.61. The van der Waals surface area contributed by atoms with Crippen LogP contribution in [0, 0.1) is 0 Å². The fourth-order valence-electron chi connectivity index (χ4n) is 1.72. The van der Waals surface area contributed by atoms with Crippen molar-refractivity contribution in [3.63, 3.8) is 0 Å². The SMILES string of the molecule is CC(CC(=O)O)NC(=O)Nc1cn(C)nc1C(C)C. The molecule has 7 heteroatoms. The Balaban J connectivity index is 2.64. The van der Waals surface area contributed by atoms with E-state index in [1.165, 1.54) is 0 Å². The summed E-state index contributed by atoms with van der Waals surface area (Å²) in [5, 5.41) is 18.2. The molecular formula is C12H20N4O3. The lowest BCUT2D eigenvalue weighted by Crippen LogP contribution is -2.37. The Morgan fingerprint density at radius 3 is 2.58 bits per heavy atom. The van der Waals surface area contributed by atoms with E-state index in [2.05, 4.69) is 15.7 Å². The second kappa shape index (κ2) is 6.21. The van der Waals surface area contributed by atoms with E-state index in [-0.39, 0.29) is 12.3 Å². The predicted molar refractivity (Wildman–Crippen MR) is 71.2 cm³/mol. The maximum Gasteiger partial charge on any atom is 0.319 e. The molecule has 0 saturated heterocycles. The van der Waals surface area contributed by atoms with Crippen LogP contribution in [-0.2, 0) is 11.8 Å². The first-order valence-electron chi connectivity index (χ1n) is 6.12. The van der Waals surface area contributed by atoms with Gasteiger partial charge in [-0.3, -0.25) is 9.48 Å². The fraction of sp³-hybridized carbons (Fsp3) is 0.583. The van der Waals surface area contributed by atoms with E-state index in [4.69, 9.17) is 5.11 Å². The number of hydrogen-bond donors (Lipinski definition) is 3.